The highest BCUT2D eigenvalue weighted by Crippen LogP contribution is 2.39. The van der Waals surface area contributed by atoms with Crippen LogP contribution in [0, 0.1) is 17.5 Å². The van der Waals surface area contributed by atoms with Crippen molar-refractivity contribution in [3.8, 4) is 11.3 Å². The second kappa shape index (κ2) is 11.2. The van der Waals surface area contributed by atoms with Crippen LogP contribution in [0.3, 0.4) is 0 Å². The molecular formula is C27H28F5N5O3. The SMILES string of the molecule is Cn1ncc(NC(=O)c2ccc(F)c(-c3c(F)cc(C4(F)CCOCC4)cc3F)n2)c1[C@@H]1CC[C@@H](N)[C@H](F)CO1. The second-order valence-electron chi connectivity index (χ2n) is 10.0. The molecule has 2 aliphatic rings. The Labute approximate surface area is 226 Å². The minimum Gasteiger partial charge on any atom is -0.381 e. The van der Waals surface area contributed by atoms with Gasteiger partial charge in [0.2, 0.25) is 0 Å². The van der Waals surface area contributed by atoms with E-state index in [1.165, 1.54) is 10.9 Å². The van der Waals surface area contributed by atoms with Gasteiger partial charge in [-0.3, -0.25) is 9.48 Å². The number of hydrogen-bond donors (Lipinski definition) is 2. The van der Waals surface area contributed by atoms with Crippen molar-refractivity contribution in [1.82, 2.24) is 14.8 Å². The van der Waals surface area contributed by atoms with Gasteiger partial charge < -0.3 is 20.5 Å². The van der Waals surface area contributed by atoms with Crippen LogP contribution in [-0.4, -0.2) is 52.7 Å². The molecule has 1 amide bonds. The predicted octanol–water partition coefficient (Wildman–Crippen LogP) is 4.64. The van der Waals surface area contributed by atoms with Crippen LogP contribution in [0.1, 0.15) is 53.5 Å². The molecule has 3 N–H and O–H groups in total. The van der Waals surface area contributed by atoms with E-state index in [2.05, 4.69) is 15.4 Å². The number of aryl methyl sites for hydroxylation is 1. The number of halogens is 5. The van der Waals surface area contributed by atoms with Crippen molar-refractivity contribution >= 4 is 11.6 Å². The zero-order valence-electron chi connectivity index (χ0n) is 21.6. The number of anilines is 1. The summed E-state index contributed by atoms with van der Waals surface area (Å²) in [5, 5.41) is 6.75. The Bertz CT molecular complexity index is 1380. The van der Waals surface area contributed by atoms with Gasteiger partial charge in [-0.25, -0.2) is 26.9 Å². The number of nitrogens with two attached hydrogens (primary N) is 1. The highest BCUT2D eigenvalue weighted by molar-refractivity contribution is 6.03. The van der Waals surface area contributed by atoms with Crippen LogP contribution in [0.4, 0.5) is 27.6 Å². The predicted molar refractivity (Wildman–Crippen MR) is 134 cm³/mol. The molecule has 8 nitrogen and oxygen atoms in total. The summed E-state index contributed by atoms with van der Waals surface area (Å²) >= 11 is 0. The molecule has 0 spiro atoms. The summed E-state index contributed by atoms with van der Waals surface area (Å²) in [5.74, 6) is -4.32. The molecule has 0 bridgehead atoms. The zero-order chi connectivity index (χ0) is 28.6. The van der Waals surface area contributed by atoms with Crippen LogP contribution < -0.4 is 11.1 Å². The average molecular weight is 566 g/mol. The number of nitrogens with one attached hydrogen (secondary N) is 1. The Kier molecular flexibility index (Phi) is 7.89. The Morgan fingerprint density at radius 3 is 2.52 bits per heavy atom. The summed E-state index contributed by atoms with van der Waals surface area (Å²) in [6.07, 6.45) is 0.00134. The first kappa shape index (κ1) is 28.1. The topological polar surface area (TPSA) is 104 Å². The number of alkyl halides is 2. The number of benzene rings is 1. The first-order chi connectivity index (χ1) is 19.1. The molecule has 0 unspecified atom stereocenters. The highest BCUT2D eigenvalue weighted by Gasteiger charge is 2.36. The van der Waals surface area contributed by atoms with Gasteiger partial charge in [-0.1, -0.05) is 0 Å². The van der Waals surface area contributed by atoms with E-state index in [1.54, 1.807) is 7.05 Å². The van der Waals surface area contributed by atoms with Gasteiger partial charge in [-0.05, 0) is 42.7 Å². The molecule has 3 atom stereocenters. The first-order valence-electron chi connectivity index (χ1n) is 12.8. The van der Waals surface area contributed by atoms with E-state index in [-0.39, 0.29) is 49.6 Å². The molecular weight excluding hydrogens is 537 g/mol. The van der Waals surface area contributed by atoms with Crippen LogP contribution in [0.5, 0.6) is 0 Å². The normalized spacial score (nSPS) is 23.0. The van der Waals surface area contributed by atoms with E-state index in [1.807, 2.05) is 0 Å². The number of rotatable bonds is 5. The molecule has 4 heterocycles. The fraction of sp³-hybridized carbons (Fsp3) is 0.444. The Balaban J connectivity index is 1.42. The molecule has 0 aliphatic carbocycles. The molecule has 0 saturated carbocycles. The minimum absolute atomic E-state index is 0.0725. The molecule has 2 aliphatic heterocycles. The van der Waals surface area contributed by atoms with Gasteiger partial charge >= 0.3 is 0 Å². The Morgan fingerprint density at radius 1 is 1.12 bits per heavy atom. The van der Waals surface area contributed by atoms with Gasteiger partial charge in [0.25, 0.3) is 5.91 Å². The molecule has 13 heteroatoms. The van der Waals surface area contributed by atoms with Crippen molar-refractivity contribution in [3.63, 3.8) is 0 Å². The van der Waals surface area contributed by atoms with Gasteiger partial charge in [0.1, 0.15) is 46.8 Å². The quantitative estimate of drug-likeness (QED) is 0.437. The van der Waals surface area contributed by atoms with Gasteiger partial charge in [-0.15, -0.1) is 0 Å². The van der Waals surface area contributed by atoms with Crippen molar-refractivity contribution in [1.29, 1.82) is 0 Å². The number of carbonyl (C=O) groups is 1. The molecule has 1 aromatic carbocycles. The number of nitrogens with zero attached hydrogens (tertiary/aromatic N) is 3. The lowest BCUT2D eigenvalue weighted by atomic mass is 9.87. The van der Waals surface area contributed by atoms with Crippen molar-refractivity contribution < 1.29 is 36.2 Å². The molecule has 3 aromatic rings. The number of pyridine rings is 1. The van der Waals surface area contributed by atoms with Crippen LogP contribution in [0.25, 0.3) is 11.3 Å². The molecule has 2 fully saturated rings. The summed E-state index contributed by atoms with van der Waals surface area (Å²) in [6, 6.07) is 2.88. The van der Waals surface area contributed by atoms with Gasteiger partial charge in [0, 0.05) is 39.1 Å². The van der Waals surface area contributed by atoms with E-state index in [9.17, 15) is 13.6 Å². The fourth-order valence-electron chi connectivity index (χ4n) is 5.05. The first-order valence-corrected chi connectivity index (χ1v) is 12.8. The van der Waals surface area contributed by atoms with Crippen LogP contribution >= 0.6 is 0 Å². The maximum atomic E-state index is 15.3. The van der Waals surface area contributed by atoms with E-state index >= 15 is 13.2 Å². The third-order valence-electron chi connectivity index (χ3n) is 7.38. The Morgan fingerprint density at radius 2 is 1.82 bits per heavy atom. The number of carbonyl (C=O) groups excluding carboxylic acids is 1. The molecule has 214 valence electrons. The molecule has 5 rings (SSSR count). The van der Waals surface area contributed by atoms with Gasteiger partial charge in [0.15, 0.2) is 0 Å². The number of amides is 1. The minimum atomic E-state index is -1.98. The van der Waals surface area contributed by atoms with E-state index in [0.29, 0.717) is 18.5 Å². The molecule has 0 radical (unpaired) electrons. The standard InChI is InChI=1S/C27H28F5N5O3/c1-37-25(22-5-3-19(33)18(31)13-40-22)21(12-34-37)36-26(38)20-4-2-15(28)24(35-20)23-16(29)10-14(11-17(23)30)27(32)6-8-39-9-7-27/h2,4,10-12,18-19,22H,3,5-9,13,33H2,1H3,(H,36,38)/t18-,19-,22+/m1/s1. The third-order valence-corrected chi connectivity index (χ3v) is 7.38. The molecule has 2 aromatic heterocycles. The lowest BCUT2D eigenvalue weighted by molar-refractivity contribution is -0.0117. The summed E-state index contributed by atoms with van der Waals surface area (Å²) in [4.78, 5) is 17.0. The van der Waals surface area contributed by atoms with Crippen molar-refractivity contribution in [3.05, 3.63) is 64.9 Å². The monoisotopic (exact) mass is 565 g/mol. The van der Waals surface area contributed by atoms with Crippen molar-refractivity contribution in [2.45, 2.75) is 49.7 Å². The summed E-state index contributed by atoms with van der Waals surface area (Å²) in [7, 11) is 1.62. The van der Waals surface area contributed by atoms with Crippen molar-refractivity contribution in [2.75, 3.05) is 25.1 Å². The van der Waals surface area contributed by atoms with E-state index in [0.717, 1.165) is 24.3 Å². The largest absolute Gasteiger partial charge is 0.381 e. The maximum absolute atomic E-state index is 15.3. The summed E-state index contributed by atoms with van der Waals surface area (Å²) in [6.45, 7) is -0.0188. The summed E-state index contributed by atoms with van der Waals surface area (Å²) < 4.78 is 86.6. The van der Waals surface area contributed by atoms with Gasteiger partial charge in [-0.2, -0.15) is 5.10 Å². The number of aromatic nitrogens is 3. The smallest absolute Gasteiger partial charge is 0.274 e. The number of ether oxygens (including phenoxy) is 2. The maximum Gasteiger partial charge on any atom is 0.274 e. The lowest BCUT2D eigenvalue weighted by Crippen LogP contribution is -2.32. The third kappa shape index (κ3) is 5.45. The van der Waals surface area contributed by atoms with Crippen LogP contribution in [-0.2, 0) is 22.2 Å². The fourth-order valence-corrected chi connectivity index (χ4v) is 5.05. The Hall–Kier alpha value is -3.42. The molecule has 2 saturated heterocycles. The van der Waals surface area contributed by atoms with Crippen LogP contribution in [0.2, 0.25) is 0 Å². The van der Waals surface area contributed by atoms with E-state index in [4.69, 9.17) is 15.2 Å². The highest BCUT2D eigenvalue weighted by atomic mass is 19.2. The van der Waals surface area contributed by atoms with Crippen LogP contribution in [0.15, 0.2) is 30.5 Å². The zero-order valence-corrected chi connectivity index (χ0v) is 21.6. The molecule has 40 heavy (non-hydrogen) atoms. The summed E-state index contributed by atoms with van der Waals surface area (Å²) in [5.41, 5.74) is 2.41. The number of hydrogen-bond acceptors (Lipinski definition) is 6. The lowest BCUT2D eigenvalue weighted by Gasteiger charge is -2.30. The van der Waals surface area contributed by atoms with Crippen molar-refractivity contribution in [2.24, 2.45) is 12.8 Å². The second-order valence-corrected chi connectivity index (χ2v) is 10.0. The average Bonchev–Trinajstić information content (AvgIpc) is 3.19. The van der Waals surface area contributed by atoms with E-state index < -0.39 is 58.6 Å². The van der Waals surface area contributed by atoms with Gasteiger partial charge in [0.05, 0.1) is 29.7 Å².